The fraction of sp³-hybridized carbons (Fsp3) is 0.308. The molecule has 0 saturated heterocycles. The lowest BCUT2D eigenvalue weighted by molar-refractivity contribution is 0.0947. The summed E-state index contributed by atoms with van der Waals surface area (Å²) in [5.41, 5.74) is 4.57. The number of benzene rings is 2. The van der Waals surface area contributed by atoms with E-state index < -0.39 is 0 Å². The molecule has 5 nitrogen and oxygen atoms in total. The molecule has 6 heteroatoms. The van der Waals surface area contributed by atoms with Crippen molar-refractivity contribution in [3.8, 4) is 5.75 Å². The van der Waals surface area contributed by atoms with Crippen LogP contribution in [0.1, 0.15) is 39.5 Å². The number of thiazole rings is 1. The van der Waals surface area contributed by atoms with Crippen molar-refractivity contribution in [1.29, 1.82) is 0 Å². The molecule has 2 heterocycles. The van der Waals surface area contributed by atoms with Gasteiger partial charge in [-0.2, -0.15) is 0 Å². The van der Waals surface area contributed by atoms with Crippen molar-refractivity contribution in [2.45, 2.75) is 26.3 Å². The number of carbonyl (C=O) groups excluding carboxylic acids is 1. The van der Waals surface area contributed by atoms with E-state index in [4.69, 9.17) is 4.74 Å². The average molecular weight is 448 g/mol. The van der Waals surface area contributed by atoms with E-state index in [1.54, 1.807) is 5.38 Å². The summed E-state index contributed by atoms with van der Waals surface area (Å²) in [6.45, 7) is 6.03. The second-order valence-electron chi connectivity index (χ2n) is 7.93. The summed E-state index contributed by atoms with van der Waals surface area (Å²) >= 11 is 1.48. The fourth-order valence-corrected chi connectivity index (χ4v) is 4.33. The zero-order valence-corrected chi connectivity index (χ0v) is 19.2. The molecule has 1 aliphatic heterocycles. The highest BCUT2D eigenvalue weighted by molar-refractivity contribution is 7.09. The molecular weight excluding hydrogens is 418 g/mol. The number of hydrogen-bond donors (Lipinski definition) is 1. The van der Waals surface area contributed by atoms with Crippen molar-refractivity contribution in [1.82, 2.24) is 15.2 Å². The van der Waals surface area contributed by atoms with Gasteiger partial charge < -0.3 is 10.1 Å². The number of rotatable bonds is 9. The number of aryl methyl sites for hydroxylation is 1. The summed E-state index contributed by atoms with van der Waals surface area (Å²) in [6.07, 6.45) is 4.19. The van der Waals surface area contributed by atoms with Gasteiger partial charge >= 0.3 is 0 Å². The summed E-state index contributed by atoms with van der Waals surface area (Å²) in [7, 11) is 0. The van der Waals surface area contributed by atoms with E-state index in [0.29, 0.717) is 18.8 Å². The predicted molar refractivity (Wildman–Crippen MR) is 130 cm³/mol. The Morgan fingerprint density at radius 3 is 2.66 bits per heavy atom. The first-order valence-electron chi connectivity index (χ1n) is 11.1. The minimum atomic E-state index is -0.123. The molecule has 0 spiro atoms. The molecular formula is C26H29N3O2S. The van der Waals surface area contributed by atoms with Crippen molar-refractivity contribution in [3.63, 3.8) is 0 Å². The minimum Gasteiger partial charge on any atom is -0.494 e. The van der Waals surface area contributed by atoms with Gasteiger partial charge in [-0.25, -0.2) is 4.98 Å². The van der Waals surface area contributed by atoms with Crippen molar-refractivity contribution in [2.24, 2.45) is 0 Å². The highest BCUT2D eigenvalue weighted by Crippen LogP contribution is 2.23. The lowest BCUT2D eigenvalue weighted by atomic mass is 9.99. The monoisotopic (exact) mass is 447 g/mol. The standard InChI is InChI=1S/C26H29N3O2S/c1-20-28-25(19-32-20)26(30)27-14-5-17-31-24-10-8-21(9-11-24)18-29-15-12-23(13-16-29)22-6-3-2-4-7-22/h2-4,6-12,19H,5,13-18H2,1H3,(H,27,30). The van der Waals surface area contributed by atoms with E-state index >= 15 is 0 Å². The van der Waals surface area contributed by atoms with Gasteiger partial charge in [0, 0.05) is 31.6 Å². The van der Waals surface area contributed by atoms with Gasteiger partial charge in [0.25, 0.3) is 5.91 Å². The van der Waals surface area contributed by atoms with Crippen LogP contribution in [0.4, 0.5) is 0 Å². The van der Waals surface area contributed by atoms with Gasteiger partial charge in [0.05, 0.1) is 11.6 Å². The number of carbonyl (C=O) groups is 1. The van der Waals surface area contributed by atoms with Crippen LogP contribution >= 0.6 is 11.3 Å². The molecule has 0 fully saturated rings. The third-order valence-electron chi connectivity index (χ3n) is 5.49. The number of amides is 1. The Balaban J connectivity index is 1.15. The summed E-state index contributed by atoms with van der Waals surface area (Å²) < 4.78 is 5.82. The van der Waals surface area contributed by atoms with Crippen LogP contribution in [0.2, 0.25) is 0 Å². The van der Waals surface area contributed by atoms with Gasteiger partial charge in [-0.3, -0.25) is 9.69 Å². The van der Waals surface area contributed by atoms with Gasteiger partial charge in [-0.05, 0) is 48.6 Å². The Morgan fingerprint density at radius 2 is 1.97 bits per heavy atom. The molecule has 0 atom stereocenters. The molecule has 32 heavy (non-hydrogen) atoms. The summed E-state index contributed by atoms with van der Waals surface area (Å²) in [5.74, 6) is 0.738. The zero-order chi connectivity index (χ0) is 22.2. The Kier molecular flexibility index (Phi) is 7.69. The average Bonchev–Trinajstić information content (AvgIpc) is 3.27. The highest BCUT2D eigenvalue weighted by Gasteiger charge is 2.13. The quantitative estimate of drug-likeness (QED) is 0.472. The maximum absolute atomic E-state index is 12.0. The van der Waals surface area contributed by atoms with Crippen LogP contribution in [-0.4, -0.2) is 42.0 Å². The first-order chi connectivity index (χ1) is 15.7. The number of ether oxygens (including phenoxy) is 1. The van der Waals surface area contributed by atoms with E-state index in [-0.39, 0.29) is 5.91 Å². The lowest BCUT2D eigenvalue weighted by Crippen LogP contribution is -2.28. The second kappa shape index (κ2) is 11.1. The molecule has 1 aromatic heterocycles. The first-order valence-corrected chi connectivity index (χ1v) is 11.9. The van der Waals surface area contributed by atoms with Gasteiger partial charge in [0.2, 0.25) is 0 Å². The van der Waals surface area contributed by atoms with Crippen molar-refractivity contribution in [2.75, 3.05) is 26.2 Å². The molecule has 0 unspecified atom stereocenters. The van der Waals surface area contributed by atoms with Crippen molar-refractivity contribution in [3.05, 3.63) is 87.9 Å². The van der Waals surface area contributed by atoms with Crippen LogP contribution in [-0.2, 0) is 6.54 Å². The predicted octanol–water partition coefficient (Wildman–Crippen LogP) is 4.94. The van der Waals surface area contributed by atoms with Gasteiger partial charge in [-0.15, -0.1) is 11.3 Å². The molecule has 1 aliphatic rings. The van der Waals surface area contributed by atoms with E-state index in [2.05, 4.69) is 63.7 Å². The molecule has 4 rings (SSSR count). The molecule has 0 radical (unpaired) electrons. The van der Waals surface area contributed by atoms with Gasteiger partial charge in [0.1, 0.15) is 11.4 Å². The number of nitrogens with zero attached hydrogens (tertiary/aromatic N) is 2. The molecule has 1 N–H and O–H groups in total. The number of nitrogens with one attached hydrogen (secondary N) is 1. The topological polar surface area (TPSA) is 54.5 Å². The van der Waals surface area contributed by atoms with Crippen LogP contribution in [0.25, 0.3) is 5.57 Å². The maximum Gasteiger partial charge on any atom is 0.270 e. The third-order valence-corrected chi connectivity index (χ3v) is 6.27. The summed E-state index contributed by atoms with van der Waals surface area (Å²) in [5, 5.41) is 5.56. The van der Waals surface area contributed by atoms with Crippen LogP contribution in [0, 0.1) is 6.92 Å². The Labute approximate surface area is 193 Å². The first kappa shape index (κ1) is 22.2. The number of aromatic nitrogens is 1. The molecule has 0 saturated carbocycles. The molecule has 1 amide bonds. The molecule has 166 valence electrons. The molecule has 2 aromatic carbocycles. The molecule has 0 aliphatic carbocycles. The van der Waals surface area contributed by atoms with Crippen LogP contribution in [0.3, 0.4) is 0 Å². The fourth-order valence-electron chi connectivity index (χ4n) is 3.74. The normalized spacial score (nSPS) is 14.1. The van der Waals surface area contributed by atoms with Gasteiger partial charge in [-0.1, -0.05) is 48.5 Å². The van der Waals surface area contributed by atoms with Crippen LogP contribution in [0.5, 0.6) is 5.75 Å². The maximum atomic E-state index is 12.0. The van der Waals surface area contributed by atoms with Crippen LogP contribution < -0.4 is 10.1 Å². The number of hydrogen-bond acceptors (Lipinski definition) is 5. The van der Waals surface area contributed by atoms with E-state index in [9.17, 15) is 4.79 Å². The van der Waals surface area contributed by atoms with Crippen molar-refractivity contribution < 1.29 is 9.53 Å². The molecule has 3 aromatic rings. The lowest BCUT2D eigenvalue weighted by Gasteiger charge is -2.26. The molecule has 0 bridgehead atoms. The Bertz CT molecular complexity index is 1040. The Morgan fingerprint density at radius 1 is 1.16 bits per heavy atom. The zero-order valence-electron chi connectivity index (χ0n) is 18.4. The summed E-state index contributed by atoms with van der Waals surface area (Å²) in [6, 6.07) is 19.0. The van der Waals surface area contributed by atoms with E-state index in [1.165, 1.54) is 28.0 Å². The van der Waals surface area contributed by atoms with Crippen LogP contribution in [0.15, 0.2) is 66.1 Å². The second-order valence-corrected chi connectivity index (χ2v) is 9.00. The van der Waals surface area contributed by atoms with Crippen molar-refractivity contribution >= 4 is 22.8 Å². The third kappa shape index (κ3) is 6.28. The van der Waals surface area contributed by atoms with E-state index in [1.807, 2.05) is 19.1 Å². The summed E-state index contributed by atoms with van der Waals surface area (Å²) in [4.78, 5) is 18.6. The smallest absolute Gasteiger partial charge is 0.270 e. The largest absolute Gasteiger partial charge is 0.494 e. The minimum absolute atomic E-state index is 0.123. The van der Waals surface area contributed by atoms with E-state index in [0.717, 1.165) is 43.2 Å². The SMILES string of the molecule is Cc1nc(C(=O)NCCCOc2ccc(CN3CC=C(c4ccccc4)CC3)cc2)cs1. The Hall–Kier alpha value is -2.96. The van der Waals surface area contributed by atoms with Gasteiger partial charge in [0.15, 0.2) is 0 Å². The highest BCUT2D eigenvalue weighted by atomic mass is 32.1.